The molecule has 1 N–H and O–H groups in total. The third-order valence-corrected chi connectivity index (χ3v) is 3.04. The van der Waals surface area contributed by atoms with Crippen molar-refractivity contribution in [1.82, 2.24) is 9.55 Å². The van der Waals surface area contributed by atoms with Crippen molar-refractivity contribution >= 4 is 0 Å². The summed E-state index contributed by atoms with van der Waals surface area (Å²) in [7, 11) is 2.00. The Morgan fingerprint density at radius 2 is 2.06 bits per heavy atom. The third-order valence-electron chi connectivity index (χ3n) is 3.04. The lowest BCUT2D eigenvalue weighted by Gasteiger charge is -2.06. The number of aromatic nitrogens is 2. The van der Waals surface area contributed by atoms with Crippen LogP contribution in [0.2, 0.25) is 0 Å². The van der Waals surface area contributed by atoms with E-state index in [1.165, 1.54) is 5.56 Å². The van der Waals surface area contributed by atoms with Crippen molar-refractivity contribution in [3.05, 3.63) is 41.2 Å². The molecule has 90 valence electrons. The summed E-state index contributed by atoms with van der Waals surface area (Å²) in [4.78, 5) is 4.59. The zero-order chi connectivity index (χ0) is 12.4. The predicted molar refractivity (Wildman–Crippen MR) is 68.9 cm³/mol. The lowest BCUT2D eigenvalue weighted by Crippen LogP contribution is -2.02. The third kappa shape index (κ3) is 2.24. The molecule has 2 rings (SSSR count). The van der Waals surface area contributed by atoms with Crippen LogP contribution in [0.3, 0.4) is 0 Å². The first-order valence-electron chi connectivity index (χ1n) is 5.83. The van der Waals surface area contributed by atoms with Crippen LogP contribution >= 0.6 is 0 Å². The Morgan fingerprint density at radius 3 is 2.71 bits per heavy atom. The van der Waals surface area contributed by atoms with Gasteiger partial charge < -0.3 is 9.67 Å². The largest absolute Gasteiger partial charge is 0.396 e. The fourth-order valence-electron chi connectivity index (χ4n) is 2.17. The van der Waals surface area contributed by atoms with E-state index in [-0.39, 0.29) is 6.61 Å². The van der Waals surface area contributed by atoms with E-state index in [0.29, 0.717) is 6.42 Å². The van der Waals surface area contributed by atoms with E-state index in [4.69, 9.17) is 5.11 Å². The summed E-state index contributed by atoms with van der Waals surface area (Å²) in [5.41, 5.74) is 4.45. The van der Waals surface area contributed by atoms with E-state index in [0.717, 1.165) is 22.8 Å². The summed E-state index contributed by atoms with van der Waals surface area (Å²) in [5, 5.41) is 9.05. The van der Waals surface area contributed by atoms with Crippen LogP contribution in [-0.2, 0) is 13.5 Å². The maximum atomic E-state index is 9.05. The average molecular weight is 230 g/mol. The van der Waals surface area contributed by atoms with E-state index >= 15 is 0 Å². The maximum absolute atomic E-state index is 9.05. The number of benzene rings is 1. The van der Waals surface area contributed by atoms with Crippen LogP contribution in [-0.4, -0.2) is 21.3 Å². The summed E-state index contributed by atoms with van der Waals surface area (Å²) in [6.45, 7) is 4.23. The minimum atomic E-state index is 0.160. The Kier molecular flexibility index (Phi) is 3.29. The first kappa shape index (κ1) is 11.9. The molecule has 0 saturated carbocycles. The zero-order valence-corrected chi connectivity index (χ0v) is 10.6. The summed E-state index contributed by atoms with van der Waals surface area (Å²) >= 11 is 0. The van der Waals surface area contributed by atoms with E-state index in [2.05, 4.69) is 34.7 Å². The summed E-state index contributed by atoms with van der Waals surface area (Å²) in [5.74, 6) is 0.967. The van der Waals surface area contributed by atoms with Crippen molar-refractivity contribution < 1.29 is 5.11 Å². The first-order valence-corrected chi connectivity index (χ1v) is 5.83. The number of rotatable bonds is 3. The van der Waals surface area contributed by atoms with Gasteiger partial charge in [-0.05, 0) is 19.9 Å². The van der Waals surface area contributed by atoms with Gasteiger partial charge in [-0.1, -0.05) is 23.8 Å². The van der Waals surface area contributed by atoms with Crippen molar-refractivity contribution in [2.24, 2.45) is 7.05 Å². The molecule has 0 aliphatic rings. The monoisotopic (exact) mass is 230 g/mol. The van der Waals surface area contributed by atoms with Crippen LogP contribution in [0.25, 0.3) is 11.4 Å². The van der Waals surface area contributed by atoms with Gasteiger partial charge in [-0.25, -0.2) is 4.98 Å². The Labute approximate surface area is 102 Å². The van der Waals surface area contributed by atoms with Crippen molar-refractivity contribution in [3.8, 4) is 11.4 Å². The highest BCUT2D eigenvalue weighted by Gasteiger charge is 2.12. The molecular weight excluding hydrogens is 212 g/mol. The van der Waals surface area contributed by atoms with Crippen LogP contribution in [0.4, 0.5) is 0 Å². The first-order chi connectivity index (χ1) is 8.13. The number of aliphatic hydroxyl groups is 1. The average Bonchev–Trinajstić information content (AvgIpc) is 2.57. The summed E-state index contributed by atoms with van der Waals surface area (Å²) < 4.78 is 2.07. The van der Waals surface area contributed by atoms with Crippen molar-refractivity contribution in [2.45, 2.75) is 20.3 Å². The van der Waals surface area contributed by atoms with Crippen LogP contribution in [0, 0.1) is 13.8 Å². The molecule has 1 aromatic heterocycles. The van der Waals surface area contributed by atoms with Gasteiger partial charge in [-0.3, -0.25) is 0 Å². The Hall–Kier alpha value is -1.61. The molecule has 0 radical (unpaired) electrons. The highest BCUT2D eigenvalue weighted by Crippen LogP contribution is 2.22. The molecule has 0 bridgehead atoms. The van der Waals surface area contributed by atoms with Gasteiger partial charge in [0, 0.05) is 31.3 Å². The Bertz CT molecular complexity index is 529. The van der Waals surface area contributed by atoms with Gasteiger partial charge in [0.25, 0.3) is 0 Å². The van der Waals surface area contributed by atoms with E-state index in [9.17, 15) is 0 Å². The molecule has 0 spiro atoms. The molecule has 0 atom stereocenters. The minimum absolute atomic E-state index is 0.160. The molecule has 0 unspecified atom stereocenters. The Balaban J connectivity index is 2.50. The van der Waals surface area contributed by atoms with Gasteiger partial charge >= 0.3 is 0 Å². The quantitative estimate of drug-likeness (QED) is 0.878. The molecular formula is C14H18N2O. The number of hydrogen-bond acceptors (Lipinski definition) is 2. The topological polar surface area (TPSA) is 38.1 Å². The van der Waals surface area contributed by atoms with Gasteiger partial charge in [-0.2, -0.15) is 0 Å². The fourth-order valence-corrected chi connectivity index (χ4v) is 2.17. The van der Waals surface area contributed by atoms with Crippen LogP contribution < -0.4 is 0 Å². The maximum Gasteiger partial charge on any atom is 0.140 e. The van der Waals surface area contributed by atoms with Gasteiger partial charge in [0.05, 0.1) is 5.69 Å². The van der Waals surface area contributed by atoms with Crippen LogP contribution in [0.15, 0.2) is 24.3 Å². The predicted octanol–water partition coefficient (Wildman–Crippen LogP) is 2.24. The number of imidazole rings is 1. The molecule has 0 amide bonds. The number of aryl methyl sites for hydroxylation is 2. The van der Waals surface area contributed by atoms with Crippen LogP contribution in [0.1, 0.15) is 17.0 Å². The van der Waals surface area contributed by atoms with Crippen LogP contribution in [0.5, 0.6) is 0 Å². The van der Waals surface area contributed by atoms with Gasteiger partial charge in [0.15, 0.2) is 0 Å². The Morgan fingerprint density at radius 1 is 1.29 bits per heavy atom. The van der Waals surface area contributed by atoms with E-state index in [1.807, 2.05) is 20.0 Å². The molecule has 0 fully saturated rings. The molecule has 3 heteroatoms. The molecule has 1 aromatic carbocycles. The summed E-state index contributed by atoms with van der Waals surface area (Å²) in [6.07, 6.45) is 0.654. The van der Waals surface area contributed by atoms with Crippen molar-refractivity contribution in [2.75, 3.05) is 6.61 Å². The second kappa shape index (κ2) is 4.72. The smallest absolute Gasteiger partial charge is 0.140 e. The second-order valence-corrected chi connectivity index (χ2v) is 4.37. The van der Waals surface area contributed by atoms with Gasteiger partial charge in [-0.15, -0.1) is 0 Å². The second-order valence-electron chi connectivity index (χ2n) is 4.37. The van der Waals surface area contributed by atoms with E-state index in [1.54, 1.807) is 0 Å². The molecule has 17 heavy (non-hydrogen) atoms. The zero-order valence-electron chi connectivity index (χ0n) is 10.6. The molecule has 2 aromatic rings. The van der Waals surface area contributed by atoms with Gasteiger partial charge in [0.1, 0.15) is 5.82 Å². The van der Waals surface area contributed by atoms with Gasteiger partial charge in [0.2, 0.25) is 0 Å². The highest BCUT2D eigenvalue weighted by molar-refractivity contribution is 5.58. The lowest BCUT2D eigenvalue weighted by molar-refractivity contribution is 0.296. The SMILES string of the molecule is Cc1cccc(-c2nc(C)c(CCO)n2C)c1. The lowest BCUT2D eigenvalue weighted by atomic mass is 10.1. The fraction of sp³-hybridized carbons (Fsp3) is 0.357. The molecule has 1 heterocycles. The molecule has 0 aliphatic carbocycles. The summed E-state index contributed by atoms with van der Waals surface area (Å²) in [6, 6.07) is 8.32. The van der Waals surface area contributed by atoms with Crippen molar-refractivity contribution in [1.29, 1.82) is 0 Å². The van der Waals surface area contributed by atoms with Crippen molar-refractivity contribution in [3.63, 3.8) is 0 Å². The molecule has 0 aliphatic heterocycles. The minimum Gasteiger partial charge on any atom is -0.396 e. The number of hydrogen-bond donors (Lipinski definition) is 1. The number of aliphatic hydroxyl groups excluding tert-OH is 1. The molecule has 3 nitrogen and oxygen atoms in total. The number of nitrogens with zero attached hydrogens (tertiary/aromatic N) is 2. The highest BCUT2D eigenvalue weighted by atomic mass is 16.3. The normalized spacial score (nSPS) is 10.8. The standard InChI is InChI=1S/C14H18N2O/c1-10-5-4-6-12(9-10)14-15-11(2)13(7-8-17)16(14)3/h4-6,9,17H,7-8H2,1-3H3. The molecule has 0 saturated heterocycles. The van der Waals surface area contributed by atoms with E-state index < -0.39 is 0 Å².